The fourth-order valence-corrected chi connectivity index (χ4v) is 3.58. The van der Waals surface area contributed by atoms with E-state index in [0.29, 0.717) is 35.7 Å². The van der Waals surface area contributed by atoms with E-state index in [1.165, 1.54) is 5.56 Å². The van der Waals surface area contributed by atoms with E-state index >= 15 is 0 Å². The van der Waals surface area contributed by atoms with Gasteiger partial charge in [0.1, 0.15) is 17.3 Å². The average Bonchev–Trinajstić information content (AvgIpc) is 2.81. The molecule has 2 aromatic heterocycles. The number of hydrogen-bond donors (Lipinski definition) is 2. The smallest absolute Gasteiger partial charge is 0.237 e. The maximum absolute atomic E-state index is 9.38. The lowest BCUT2D eigenvalue weighted by atomic mass is 10.0. The van der Waals surface area contributed by atoms with E-state index in [-0.39, 0.29) is 11.3 Å². The Kier molecular flexibility index (Phi) is 6.28. The number of aromatic nitrogens is 2. The molecule has 0 radical (unpaired) electrons. The molecule has 2 N–H and O–H groups in total. The van der Waals surface area contributed by atoms with Gasteiger partial charge in [0.2, 0.25) is 5.88 Å². The molecule has 1 aliphatic heterocycles. The van der Waals surface area contributed by atoms with E-state index in [9.17, 15) is 5.26 Å². The van der Waals surface area contributed by atoms with Gasteiger partial charge in [0, 0.05) is 30.1 Å². The first kappa shape index (κ1) is 20.6. The maximum atomic E-state index is 9.38. The molecule has 0 saturated carbocycles. The Labute approximate surface area is 185 Å². The Morgan fingerprint density at radius 1 is 1.16 bits per heavy atom. The fourth-order valence-electron chi connectivity index (χ4n) is 3.38. The van der Waals surface area contributed by atoms with Crippen LogP contribution in [0.4, 0.5) is 5.69 Å². The van der Waals surface area contributed by atoms with Crippen LogP contribution in [0.5, 0.6) is 5.88 Å². The van der Waals surface area contributed by atoms with Crippen molar-refractivity contribution in [3.8, 4) is 29.1 Å². The van der Waals surface area contributed by atoms with E-state index in [1.807, 2.05) is 30.3 Å². The third-order valence-electron chi connectivity index (χ3n) is 5.02. The number of ether oxygens (including phenoxy) is 1. The molecule has 4 rings (SSSR count). The fraction of sp³-hybridized carbons (Fsp3) is 0.217. The Hall–Kier alpha value is -3.65. The van der Waals surface area contributed by atoms with Gasteiger partial charge in [-0.25, -0.2) is 9.97 Å². The Morgan fingerprint density at radius 3 is 2.77 bits per heavy atom. The molecule has 8 heteroatoms. The van der Waals surface area contributed by atoms with Crippen LogP contribution >= 0.6 is 11.6 Å². The molecule has 0 saturated heterocycles. The van der Waals surface area contributed by atoms with Crippen molar-refractivity contribution in [2.75, 3.05) is 25.0 Å². The molecule has 1 unspecified atom stereocenters. The van der Waals surface area contributed by atoms with E-state index in [4.69, 9.17) is 21.6 Å². The minimum atomic E-state index is -0.0446. The van der Waals surface area contributed by atoms with Crippen LogP contribution in [0.3, 0.4) is 0 Å². The van der Waals surface area contributed by atoms with Crippen molar-refractivity contribution in [3.63, 3.8) is 0 Å². The number of anilines is 1. The zero-order chi connectivity index (χ0) is 21.6. The highest BCUT2D eigenvalue weighted by Crippen LogP contribution is 2.33. The number of benzene rings is 1. The molecule has 0 bridgehead atoms. The van der Waals surface area contributed by atoms with Crippen LogP contribution < -0.4 is 15.4 Å². The second-order valence-electron chi connectivity index (χ2n) is 7.10. The predicted octanol–water partition coefficient (Wildman–Crippen LogP) is 3.55. The van der Waals surface area contributed by atoms with Gasteiger partial charge in [-0.3, -0.25) is 0 Å². The number of pyridine rings is 2. The van der Waals surface area contributed by atoms with Crippen LogP contribution in [0.15, 0.2) is 48.8 Å². The summed E-state index contributed by atoms with van der Waals surface area (Å²) in [5.41, 5.74) is 4.42. The highest BCUT2D eigenvalue weighted by Gasteiger charge is 2.21. The Morgan fingerprint density at radius 2 is 2.00 bits per heavy atom. The summed E-state index contributed by atoms with van der Waals surface area (Å²) in [4.78, 5) is 8.39. The summed E-state index contributed by atoms with van der Waals surface area (Å²) >= 11 is 6.04. The summed E-state index contributed by atoms with van der Waals surface area (Å²) in [6.45, 7) is 2.14. The molecule has 0 amide bonds. The molecule has 1 aliphatic rings. The van der Waals surface area contributed by atoms with Crippen molar-refractivity contribution in [2.45, 2.75) is 12.5 Å². The zero-order valence-electron chi connectivity index (χ0n) is 16.6. The predicted molar refractivity (Wildman–Crippen MR) is 118 cm³/mol. The van der Waals surface area contributed by atoms with Crippen molar-refractivity contribution in [1.29, 1.82) is 10.5 Å². The highest BCUT2D eigenvalue weighted by molar-refractivity contribution is 6.31. The van der Waals surface area contributed by atoms with Gasteiger partial charge >= 0.3 is 0 Å². The number of nitrogens with one attached hydrogen (secondary N) is 2. The average molecular weight is 431 g/mol. The van der Waals surface area contributed by atoms with Gasteiger partial charge in [0.15, 0.2) is 0 Å². The number of hydrogen-bond acceptors (Lipinski definition) is 7. The molecule has 7 nitrogen and oxygen atoms in total. The van der Waals surface area contributed by atoms with Gasteiger partial charge in [-0.2, -0.15) is 10.5 Å². The topological polar surface area (TPSA) is 107 Å². The van der Waals surface area contributed by atoms with Crippen molar-refractivity contribution >= 4 is 17.3 Å². The van der Waals surface area contributed by atoms with Crippen LogP contribution in [0.1, 0.15) is 16.7 Å². The first-order valence-electron chi connectivity index (χ1n) is 9.83. The molecule has 3 heterocycles. The quantitative estimate of drug-likeness (QED) is 0.455. The lowest BCUT2D eigenvalue weighted by Crippen LogP contribution is -2.40. The van der Waals surface area contributed by atoms with Crippen molar-refractivity contribution in [1.82, 2.24) is 15.3 Å². The van der Waals surface area contributed by atoms with Crippen molar-refractivity contribution in [3.05, 3.63) is 70.6 Å². The first-order valence-corrected chi connectivity index (χ1v) is 10.2. The second kappa shape index (κ2) is 9.44. The van der Waals surface area contributed by atoms with Gasteiger partial charge in [0.05, 0.1) is 29.4 Å². The van der Waals surface area contributed by atoms with Crippen LogP contribution in [0, 0.1) is 22.7 Å². The van der Waals surface area contributed by atoms with Crippen molar-refractivity contribution < 1.29 is 4.74 Å². The molecule has 0 fully saturated rings. The second-order valence-corrected chi connectivity index (χ2v) is 7.45. The van der Waals surface area contributed by atoms with Crippen LogP contribution in [-0.4, -0.2) is 35.7 Å². The van der Waals surface area contributed by atoms with Gasteiger partial charge in [-0.15, -0.1) is 0 Å². The summed E-state index contributed by atoms with van der Waals surface area (Å²) in [6, 6.07) is 15.5. The summed E-state index contributed by atoms with van der Waals surface area (Å²) in [6.07, 6.45) is 4.08. The third-order valence-corrected chi connectivity index (χ3v) is 5.31. The van der Waals surface area contributed by atoms with Crippen LogP contribution in [0.25, 0.3) is 11.1 Å². The molecular formula is C23H19ClN6O. The maximum Gasteiger partial charge on any atom is 0.237 e. The van der Waals surface area contributed by atoms with Gasteiger partial charge in [-0.1, -0.05) is 23.7 Å². The first-order chi connectivity index (χ1) is 15.2. The summed E-state index contributed by atoms with van der Waals surface area (Å²) in [5.74, 6) is 0.535. The van der Waals surface area contributed by atoms with E-state index in [1.54, 1.807) is 18.5 Å². The minimum absolute atomic E-state index is 0.0446. The summed E-state index contributed by atoms with van der Waals surface area (Å²) in [5, 5.41) is 25.2. The molecule has 31 heavy (non-hydrogen) atoms. The lowest BCUT2D eigenvalue weighted by molar-refractivity contribution is 0.194. The number of fused-ring (bicyclic) bond motifs is 1. The lowest BCUT2D eigenvalue weighted by Gasteiger charge is -2.27. The molecule has 3 aromatic rings. The number of rotatable bonds is 6. The number of nitrogens with zero attached hydrogens (tertiary/aromatic N) is 4. The van der Waals surface area contributed by atoms with Crippen LogP contribution in [0.2, 0.25) is 5.15 Å². The molecular weight excluding hydrogens is 412 g/mol. The Bertz CT molecular complexity index is 1170. The third kappa shape index (κ3) is 4.75. The summed E-state index contributed by atoms with van der Waals surface area (Å²) in [7, 11) is 0. The van der Waals surface area contributed by atoms with E-state index < -0.39 is 0 Å². The molecule has 0 spiro atoms. The minimum Gasteiger partial charge on any atom is -0.470 e. The highest BCUT2D eigenvalue weighted by atomic mass is 35.5. The zero-order valence-corrected chi connectivity index (χ0v) is 17.4. The van der Waals surface area contributed by atoms with Gasteiger partial charge in [0.25, 0.3) is 0 Å². The largest absolute Gasteiger partial charge is 0.470 e. The number of nitriles is 2. The van der Waals surface area contributed by atoms with Gasteiger partial charge < -0.3 is 15.4 Å². The SMILES string of the molecule is N#Cc1ccc(CCNCC2CNc3cc(-c4ccnc(Cl)c4C#N)cnc3O2)cc1. The standard InChI is InChI=1S/C23H19ClN6O/c24-22-20(11-26)19(6-8-28-22)17-9-21-23(30-12-17)31-18(14-29-21)13-27-7-5-15-1-3-16(10-25)4-2-15/h1-4,6,8-9,12,18,27,29H,5,7,13-14H2. The van der Waals surface area contributed by atoms with E-state index in [0.717, 1.165) is 24.2 Å². The molecule has 154 valence electrons. The van der Waals surface area contributed by atoms with Crippen LogP contribution in [-0.2, 0) is 6.42 Å². The van der Waals surface area contributed by atoms with Gasteiger partial charge in [-0.05, 0) is 42.8 Å². The monoisotopic (exact) mass is 430 g/mol. The van der Waals surface area contributed by atoms with Crippen molar-refractivity contribution in [2.24, 2.45) is 0 Å². The molecule has 0 aliphatic carbocycles. The Balaban J connectivity index is 1.34. The summed E-state index contributed by atoms with van der Waals surface area (Å²) < 4.78 is 6.01. The van der Waals surface area contributed by atoms with E-state index in [2.05, 4.69) is 32.7 Å². The number of halogens is 1. The molecule has 1 atom stereocenters. The molecule has 1 aromatic carbocycles. The normalized spacial score (nSPS) is 14.5.